The summed E-state index contributed by atoms with van der Waals surface area (Å²) in [7, 11) is 0. The lowest BCUT2D eigenvalue weighted by Crippen LogP contribution is -2.32. The normalized spacial score (nSPS) is 13.3. The van der Waals surface area contributed by atoms with Crippen LogP contribution in [0.1, 0.15) is 32.9 Å². The Morgan fingerprint density at radius 1 is 1.33 bits per heavy atom. The first-order chi connectivity index (χ1) is 8.70. The quantitative estimate of drug-likeness (QED) is 0.869. The zero-order valence-electron chi connectivity index (χ0n) is 11.3. The molecular formula is C14H21N3S. The SMILES string of the molecule is CCNC(Cc1ncnc2sccc12)CC(C)C. The molecule has 0 fully saturated rings. The van der Waals surface area contributed by atoms with Gasteiger partial charge in [-0.05, 0) is 30.3 Å². The van der Waals surface area contributed by atoms with Gasteiger partial charge in [-0.25, -0.2) is 9.97 Å². The molecule has 0 saturated carbocycles. The van der Waals surface area contributed by atoms with Crippen LogP contribution in [0.4, 0.5) is 0 Å². The van der Waals surface area contributed by atoms with Crippen molar-refractivity contribution in [2.45, 2.75) is 39.7 Å². The van der Waals surface area contributed by atoms with E-state index in [4.69, 9.17) is 0 Å². The van der Waals surface area contributed by atoms with E-state index in [1.54, 1.807) is 17.7 Å². The van der Waals surface area contributed by atoms with Crippen molar-refractivity contribution in [1.29, 1.82) is 0 Å². The van der Waals surface area contributed by atoms with Crippen LogP contribution in [0.25, 0.3) is 10.2 Å². The first-order valence-corrected chi connectivity index (χ1v) is 7.49. The van der Waals surface area contributed by atoms with Crippen LogP contribution in [0.3, 0.4) is 0 Å². The summed E-state index contributed by atoms with van der Waals surface area (Å²) in [5.74, 6) is 0.703. The molecule has 98 valence electrons. The highest BCUT2D eigenvalue weighted by Crippen LogP contribution is 2.22. The highest BCUT2D eigenvalue weighted by Gasteiger charge is 2.13. The number of hydrogen-bond donors (Lipinski definition) is 1. The zero-order chi connectivity index (χ0) is 13.0. The molecule has 0 aromatic carbocycles. The van der Waals surface area contributed by atoms with E-state index >= 15 is 0 Å². The number of thiophene rings is 1. The first kappa shape index (κ1) is 13.4. The van der Waals surface area contributed by atoms with Gasteiger partial charge in [0.1, 0.15) is 11.2 Å². The van der Waals surface area contributed by atoms with Gasteiger partial charge in [0.2, 0.25) is 0 Å². The molecule has 0 aliphatic rings. The summed E-state index contributed by atoms with van der Waals surface area (Å²) in [5.41, 5.74) is 1.17. The van der Waals surface area contributed by atoms with E-state index in [1.807, 2.05) is 0 Å². The van der Waals surface area contributed by atoms with E-state index in [1.165, 1.54) is 17.5 Å². The van der Waals surface area contributed by atoms with E-state index < -0.39 is 0 Å². The monoisotopic (exact) mass is 263 g/mol. The molecule has 0 amide bonds. The van der Waals surface area contributed by atoms with E-state index in [9.17, 15) is 0 Å². The van der Waals surface area contributed by atoms with Crippen LogP contribution < -0.4 is 5.32 Å². The third-order valence-corrected chi connectivity index (χ3v) is 3.85. The molecule has 0 radical (unpaired) electrons. The predicted octanol–water partition coefficient (Wildman–Crippen LogP) is 3.26. The standard InChI is InChI=1S/C14H21N3S/c1-4-15-11(7-10(2)3)8-13-12-5-6-18-14(12)17-9-16-13/h5-6,9-11,15H,4,7-8H2,1-3H3. The molecule has 1 atom stereocenters. The van der Waals surface area contributed by atoms with Crippen LogP contribution >= 0.6 is 11.3 Å². The number of nitrogens with one attached hydrogen (secondary N) is 1. The van der Waals surface area contributed by atoms with Gasteiger partial charge in [-0.1, -0.05) is 20.8 Å². The van der Waals surface area contributed by atoms with Gasteiger partial charge in [-0.2, -0.15) is 0 Å². The average Bonchev–Trinajstić information content (AvgIpc) is 2.77. The van der Waals surface area contributed by atoms with Crippen molar-refractivity contribution in [3.63, 3.8) is 0 Å². The predicted molar refractivity (Wildman–Crippen MR) is 78.0 cm³/mol. The maximum Gasteiger partial charge on any atom is 0.126 e. The highest BCUT2D eigenvalue weighted by atomic mass is 32.1. The molecular weight excluding hydrogens is 242 g/mol. The summed E-state index contributed by atoms with van der Waals surface area (Å²) in [6.07, 6.45) is 3.86. The van der Waals surface area contributed by atoms with Crippen LogP contribution in [0.5, 0.6) is 0 Å². The van der Waals surface area contributed by atoms with Gasteiger partial charge in [0, 0.05) is 17.8 Å². The molecule has 2 aromatic heterocycles. The van der Waals surface area contributed by atoms with Crippen LogP contribution in [-0.4, -0.2) is 22.6 Å². The maximum absolute atomic E-state index is 4.46. The molecule has 2 heterocycles. The molecule has 1 unspecified atom stereocenters. The van der Waals surface area contributed by atoms with Crippen molar-refractivity contribution < 1.29 is 0 Å². The van der Waals surface area contributed by atoms with Gasteiger partial charge < -0.3 is 5.32 Å². The summed E-state index contributed by atoms with van der Waals surface area (Å²) in [6.45, 7) is 7.71. The minimum atomic E-state index is 0.507. The lowest BCUT2D eigenvalue weighted by atomic mass is 9.99. The Labute approximate surface area is 113 Å². The molecule has 0 spiro atoms. The molecule has 0 aliphatic heterocycles. The van der Waals surface area contributed by atoms with Gasteiger partial charge in [0.25, 0.3) is 0 Å². The van der Waals surface area contributed by atoms with Crippen LogP contribution in [0.2, 0.25) is 0 Å². The molecule has 0 bridgehead atoms. The highest BCUT2D eigenvalue weighted by molar-refractivity contribution is 7.16. The van der Waals surface area contributed by atoms with Gasteiger partial charge in [0.05, 0.1) is 5.69 Å². The molecule has 4 heteroatoms. The Bertz CT molecular complexity index is 492. The molecule has 2 aromatic rings. The third-order valence-electron chi connectivity index (χ3n) is 3.03. The molecule has 0 saturated heterocycles. The topological polar surface area (TPSA) is 37.8 Å². The van der Waals surface area contributed by atoms with Crippen molar-refractivity contribution in [3.8, 4) is 0 Å². The lowest BCUT2D eigenvalue weighted by molar-refractivity contribution is 0.422. The van der Waals surface area contributed by atoms with Crippen molar-refractivity contribution in [1.82, 2.24) is 15.3 Å². The molecule has 18 heavy (non-hydrogen) atoms. The largest absolute Gasteiger partial charge is 0.314 e. The van der Waals surface area contributed by atoms with Crippen molar-refractivity contribution >= 4 is 21.6 Å². The van der Waals surface area contributed by atoms with Crippen LogP contribution in [-0.2, 0) is 6.42 Å². The average molecular weight is 263 g/mol. The number of fused-ring (bicyclic) bond motifs is 1. The van der Waals surface area contributed by atoms with E-state index in [0.717, 1.165) is 17.8 Å². The van der Waals surface area contributed by atoms with Gasteiger partial charge in [-0.15, -0.1) is 11.3 Å². The van der Waals surface area contributed by atoms with Crippen LogP contribution in [0, 0.1) is 5.92 Å². The fraction of sp³-hybridized carbons (Fsp3) is 0.571. The minimum absolute atomic E-state index is 0.507. The van der Waals surface area contributed by atoms with E-state index in [-0.39, 0.29) is 0 Å². The van der Waals surface area contributed by atoms with Crippen molar-refractivity contribution in [2.24, 2.45) is 5.92 Å². The number of aromatic nitrogens is 2. The Hall–Kier alpha value is -1.00. The Morgan fingerprint density at radius 2 is 2.17 bits per heavy atom. The van der Waals surface area contributed by atoms with Gasteiger partial charge in [0.15, 0.2) is 0 Å². The number of nitrogens with zero attached hydrogens (tertiary/aromatic N) is 2. The summed E-state index contributed by atoms with van der Waals surface area (Å²) >= 11 is 1.68. The Morgan fingerprint density at radius 3 is 2.89 bits per heavy atom. The lowest BCUT2D eigenvalue weighted by Gasteiger charge is -2.19. The summed E-state index contributed by atoms with van der Waals surface area (Å²) < 4.78 is 0. The number of hydrogen-bond acceptors (Lipinski definition) is 4. The molecule has 2 rings (SSSR count). The fourth-order valence-electron chi connectivity index (χ4n) is 2.33. The van der Waals surface area contributed by atoms with E-state index in [2.05, 4.69) is 47.5 Å². The molecule has 1 N–H and O–H groups in total. The maximum atomic E-state index is 4.46. The van der Waals surface area contributed by atoms with Crippen LogP contribution in [0.15, 0.2) is 17.8 Å². The van der Waals surface area contributed by atoms with Gasteiger partial charge >= 0.3 is 0 Å². The second-order valence-corrected chi connectivity index (χ2v) is 5.94. The van der Waals surface area contributed by atoms with Gasteiger partial charge in [-0.3, -0.25) is 0 Å². The van der Waals surface area contributed by atoms with Crippen molar-refractivity contribution in [3.05, 3.63) is 23.5 Å². The summed E-state index contributed by atoms with van der Waals surface area (Å²) in [5, 5.41) is 6.87. The van der Waals surface area contributed by atoms with E-state index in [0.29, 0.717) is 12.0 Å². The minimum Gasteiger partial charge on any atom is -0.314 e. The second kappa shape index (κ2) is 6.25. The Balaban J connectivity index is 2.17. The molecule has 3 nitrogen and oxygen atoms in total. The zero-order valence-corrected chi connectivity index (χ0v) is 12.1. The second-order valence-electron chi connectivity index (χ2n) is 5.05. The third kappa shape index (κ3) is 3.27. The fourth-order valence-corrected chi connectivity index (χ4v) is 3.09. The Kier molecular flexibility index (Phi) is 4.66. The first-order valence-electron chi connectivity index (χ1n) is 6.61. The number of likely N-dealkylation sites (N-methyl/N-ethyl adjacent to an activating group) is 1. The van der Waals surface area contributed by atoms with Crippen molar-refractivity contribution in [2.75, 3.05) is 6.54 Å². The summed E-state index contributed by atoms with van der Waals surface area (Å²) in [6, 6.07) is 2.64. The molecule has 0 aliphatic carbocycles. The smallest absolute Gasteiger partial charge is 0.126 e. The summed E-state index contributed by atoms with van der Waals surface area (Å²) in [4.78, 5) is 9.86. The number of rotatable bonds is 6.